The van der Waals surface area contributed by atoms with E-state index in [9.17, 15) is 18.3 Å². The molecular formula is C27H34N2O5S. The van der Waals surface area contributed by atoms with Crippen LogP contribution in [-0.4, -0.2) is 19.6 Å². The molecule has 0 saturated heterocycles. The van der Waals surface area contributed by atoms with Crippen molar-refractivity contribution in [2.45, 2.75) is 82.3 Å². The predicted molar refractivity (Wildman–Crippen MR) is 134 cm³/mol. The molecule has 2 aromatic rings. The van der Waals surface area contributed by atoms with E-state index in [1.807, 2.05) is 13.8 Å². The van der Waals surface area contributed by atoms with Gasteiger partial charge in [0.15, 0.2) is 0 Å². The maximum atomic E-state index is 13.2. The molecule has 2 amide bonds. The molecule has 3 N–H and O–H groups in total. The highest BCUT2D eigenvalue weighted by atomic mass is 32.2. The SMILES string of the molecule is C=CCC1(O)c2cc(S(=O)(=O)NC(=O)Nc3c4c(cc5c3CCC5)CCC4)oc2CC(CC)C1C. The molecule has 8 heteroatoms. The van der Waals surface area contributed by atoms with Crippen molar-refractivity contribution < 1.29 is 22.7 Å². The van der Waals surface area contributed by atoms with Gasteiger partial charge in [-0.1, -0.05) is 32.4 Å². The number of nitrogens with one attached hydrogen (secondary N) is 2. The Morgan fingerprint density at radius 3 is 2.46 bits per heavy atom. The molecule has 1 aromatic heterocycles. The number of amides is 2. The van der Waals surface area contributed by atoms with Crippen molar-refractivity contribution >= 4 is 21.7 Å². The Kier molecular flexibility index (Phi) is 6.08. The van der Waals surface area contributed by atoms with E-state index in [1.165, 1.54) is 17.2 Å². The minimum atomic E-state index is -4.27. The highest BCUT2D eigenvalue weighted by molar-refractivity contribution is 7.89. The van der Waals surface area contributed by atoms with Gasteiger partial charge in [-0.25, -0.2) is 9.52 Å². The summed E-state index contributed by atoms with van der Waals surface area (Å²) in [5.74, 6) is 0.510. The molecule has 188 valence electrons. The summed E-state index contributed by atoms with van der Waals surface area (Å²) in [4.78, 5) is 12.9. The van der Waals surface area contributed by atoms with Crippen LogP contribution in [0.1, 0.15) is 73.1 Å². The summed E-state index contributed by atoms with van der Waals surface area (Å²) in [5.41, 5.74) is 4.74. The quantitative estimate of drug-likeness (QED) is 0.498. The van der Waals surface area contributed by atoms with Crippen LogP contribution < -0.4 is 10.0 Å². The lowest BCUT2D eigenvalue weighted by Crippen LogP contribution is -2.42. The van der Waals surface area contributed by atoms with Crippen LogP contribution in [0.4, 0.5) is 10.5 Å². The smallest absolute Gasteiger partial charge is 0.333 e. The van der Waals surface area contributed by atoms with E-state index in [4.69, 9.17) is 4.42 Å². The molecule has 35 heavy (non-hydrogen) atoms. The number of urea groups is 1. The Balaban J connectivity index is 1.42. The van der Waals surface area contributed by atoms with Crippen LogP contribution in [0.25, 0.3) is 0 Å². The van der Waals surface area contributed by atoms with Gasteiger partial charge in [-0.3, -0.25) is 0 Å². The summed E-state index contributed by atoms with van der Waals surface area (Å²) in [7, 11) is -4.27. The van der Waals surface area contributed by atoms with E-state index in [-0.39, 0.29) is 23.3 Å². The number of benzene rings is 1. The van der Waals surface area contributed by atoms with Gasteiger partial charge in [-0.2, -0.15) is 8.42 Å². The summed E-state index contributed by atoms with van der Waals surface area (Å²) >= 11 is 0. The molecule has 3 atom stereocenters. The van der Waals surface area contributed by atoms with Gasteiger partial charge in [0.1, 0.15) is 5.76 Å². The number of fused-ring (bicyclic) bond motifs is 3. The van der Waals surface area contributed by atoms with Gasteiger partial charge >= 0.3 is 6.03 Å². The second kappa shape index (κ2) is 8.82. The zero-order valence-corrected chi connectivity index (χ0v) is 21.3. The first kappa shape index (κ1) is 24.1. The molecule has 0 radical (unpaired) electrons. The Hall–Kier alpha value is -2.58. The van der Waals surface area contributed by atoms with E-state index >= 15 is 0 Å². The zero-order valence-electron chi connectivity index (χ0n) is 20.4. The van der Waals surface area contributed by atoms with Crippen LogP contribution in [0, 0.1) is 11.8 Å². The first-order chi connectivity index (χ1) is 16.7. The maximum absolute atomic E-state index is 13.2. The number of carbonyl (C=O) groups is 1. The van der Waals surface area contributed by atoms with E-state index in [1.54, 1.807) is 6.08 Å². The normalized spacial score (nSPS) is 25.0. The predicted octanol–water partition coefficient (Wildman–Crippen LogP) is 4.75. The van der Waals surface area contributed by atoms with E-state index < -0.39 is 21.7 Å². The molecule has 7 nitrogen and oxygen atoms in total. The molecule has 0 saturated carbocycles. The average molecular weight is 499 g/mol. The number of aliphatic hydroxyl groups is 1. The molecule has 3 unspecified atom stereocenters. The highest BCUT2D eigenvalue weighted by Gasteiger charge is 2.46. The number of aryl methyl sites for hydroxylation is 2. The number of hydrogen-bond donors (Lipinski definition) is 3. The molecule has 0 bridgehead atoms. The third-order valence-corrected chi connectivity index (χ3v) is 9.53. The van der Waals surface area contributed by atoms with Gasteiger partial charge in [0, 0.05) is 23.7 Å². The highest BCUT2D eigenvalue weighted by Crippen LogP contribution is 2.47. The van der Waals surface area contributed by atoms with E-state index in [0.29, 0.717) is 17.7 Å². The Morgan fingerprint density at radius 2 is 1.86 bits per heavy atom. The topological polar surface area (TPSA) is 109 Å². The summed E-state index contributed by atoms with van der Waals surface area (Å²) in [5, 5.41) is 14.0. The lowest BCUT2D eigenvalue weighted by atomic mass is 9.67. The maximum Gasteiger partial charge on any atom is 0.333 e. The fourth-order valence-electron chi connectivity index (χ4n) is 6.40. The number of furan rings is 1. The summed E-state index contributed by atoms with van der Waals surface area (Å²) < 4.78 is 34.2. The second-order valence-electron chi connectivity index (χ2n) is 10.3. The molecule has 3 aliphatic rings. The lowest BCUT2D eigenvalue weighted by molar-refractivity contribution is -0.0515. The van der Waals surface area contributed by atoms with Crippen molar-refractivity contribution in [1.82, 2.24) is 4.72 Å². The van der Waals surface area contributed by atoms with Gasteiger partial charge < -0.3 is 14.8 Å². The summed E-state index contributed by atoms with van der Waals surface area (Å²) in [6, 6.07) is 2.83. The van der Waals surface area contributed by atoms with Gasteiger partial charge in [-0.05, 0) is 79.0 Å². The fraction of sp³-hybridized carbons (Fsp3) is 0.519. The largest absolute Gasteiger partial charge is 0.447 e. The average Bonchev–Trinajstić information content (AvgIpc) is 3.55. The fourth-order valence-corrected chi connectivity index (χ4v) is 7.28. The standard InChI is InChI=1S/C27H34N2O5S/c1-4-12-27(31)16(3)17(5-2)14-23-22(27)15-24(34-23)35(32,33)29-26(30)28-25-20-10-6-8-18(20)13-19-9-7-11-21(19)25/h4,13,15-17,31H,1,5-12,14H2,2-3H3,(H2,28,29,30). The van der Waals surface area contributed by atoms with Crippen molar-refractivity contribution in [3.8, 4) is 0 Å². The number of sulfonamides is 1. The van der Waals surface area contributed by atoms with Crippen LogP contribution in [0.5, 0.6) is 0 Å². The van der Waals surface area contributed by atoms with Crippen LogP contribution in [-0.2, 0) is 47.7 Å². The molecule has 0 aliphatic heterocycles. The third-order valence-electron chi connectivity index (χ3n) is 8.34. The van der Waals surface area contributed by atoms with Crippen LogP contribution in [0.15, 0.2) is 34.3 Å². The monoisotopic (exact) mass is 498 g/mol. The Morgan fingerprint density at radius 1 is 1.20 bits per heavy atom. The Bertz CT molecular complexity index is 1260. The molecule has 1 heterocycles. The Labute approximate surface area is 207 Å². The molecule has 0 fully saturated rings. The number of hydrogen-bond acceptors (Lipinski definition) is 5. The first-order valence-electron chi connectivity index (χ1n) is 12.6. The first-order valence-corrected chi connectivity index (χ1v) is 14.1. The summed E-state index contributed by atoms with van der Waals surface area (Å²) in [6.07, 6.45) is 9.11. The van der Waals surface area contributed by atoms with Crippen LogP contribution in [0.3, 0.4) is 0 Å². The van der Waals surface area contributed by atoms with Crippen molar-refractivity contribution in [2.24, 2.45) is 11.8 Å². The van der Waals surface area contributed by atoms with Crippen molar-refractivity contribution in [2.75, 3.05) is 5.32 Å². The van der Waals surface area contributed by atoms with Crippen molar-refractivity contribution in [3.63, 3.8) is 0 Å². The number of rotatable bonds is 6. The van der Waals surface area contributed by atoms with Gasteiger partial charge in [0.05, 0.1) is 5.60 Å². The lowest BCUT2D eigenvalue weighted by Gasteiger charge is -2.41. The third kappa shape index (κ3) is 4.00. The van der Waals surface area contributed by atoms with Crippen LogP contribution >= 0.6 is 0 Å². The minimum Gasteiger partial charge on any atom is -0.447 e. The molecule has 1 aromatic carbocycles. The molecule has 0 spiro atoms. The second-order valence-corrected chi connectivity index (χ2v) is 11.9. The molecule has 3 aliphatic carbocycles. The summed E-state index contributed by atoms with van der Waals surface area (Å²) in [6.45, 7) is 7.79. The number of anilines is 1. The van der Waals surface area contributed by atoms with Gasteiger partial charge in [0.2, 0.25) is 5.09 Å². The minimum absolute atomic E-state index is 0.0929. The van der Waals surface area contributed by atoms with Gasteiger partial charge in [-0.15, -0.1) is 6.58 Å². The van der Waals surface area contributed by atoms with E-state index in [2.05, 4.69) is 22.7 Å². The zero-order chi connectivity index (χ0) is 25.0. The molecule has 5 rings (SSSR count). The molecular weight excluding hydrogens is 464 g/mol. The van der Waals surface area contributed by atoms with Crippen LogP contribution in [0.2, 0.25) is 0 Å². The van der Waals surface area contributed by atoms with Gasteiger partial charge in [0.25, 0.3) is 10.0 Å². The van der Waals surface area contributed by atoms with Crippen molar-refractivity contribution in [3.05, 3.63) is 58.4 Å². The number of carbonyl (C=O) groups excluding carboxylic acids is 1. The van der Waals surface area contributed by atoms with E-state index in [0.717, 1.165) is 61.8 Å². The van der Waals surface area contributed by atoms with Crippen molar-refractivity contribution in [1.29, 1.82) is 0 Å².